The number of hydrogen-bond acceptors (Lipinski definition) is 10. The maximum Gasteiger partial charge on any atom is 0.411 e. The van der Waals surface area contributed by atoms with Gasteiger partial charge in [0, 0.05) is 23.3 Å². The lowest BCUT2D eigenvalue weighted by molar-refractivity contribution is -0.222. The van der Waals surface area contributed by atoms with Crippen molar-refractivity contribution >= 4 is 44.6 Å². The van der Waals surface area contributed by atoms with Gasteiger partial charge < -0.3 is 29.5 Å². The molecule has 2 aliphatic carbocycles. The predicted molar refractivity (Wildman–Crippen MR) is 238 cm³/mol. The number of sulfonamides is 1. The number of methoxy groups -OCH3 is 1. The number of nitrogens with one attached hydrogen (secondary N) is 2. The predicted octanol–water partition coefficient (Wildman–Crippen LogP) is 7.37. The Morgan fingerprint density at radius 3 is 2.34 bits per heavy atom. The molecule has 0 radical (unpaired) electrons. The van der Waals surface area contributed by atoms with E-state index in [2.05, 4.69) is 10.0 Å². The van der Waals surface area contributed by atoms with E-state index in [9.17, 15) is 41.1 Å². The Labute approximate surface area is 386 Å². The monoisotopic (exact) mass is 959 g/mol. The number of alkyl halides is 3. The molecule has 2 aromatic carbocycles. The fourth-order valence-corrected chi connectivity index (χ4v) is 10.6. The van der Waals surface area contributed by atoms with Gasteiger partial charge in [0.2, 0.25) is 27.7 Å². The van der Waals surface area contributed by atoms with Gasteiger partial charge in [-0.05, 0) is 126 Å². The third kappa shape index (κ3) is 10.1. The summed E-state index contributed by atoms with van der Waals surface area (Å²) < 4.78 is 106. The van der Waals surface area contributed by atoms with E-state index in [1.165, 1.54) is 20.1 Å². The molecule has 3 heterocycles. The molecule has 0 spiro atoms. The minimum atomic E-state index is -5.15. The Morgan fingerprint density at radius 2 is 1.73 bits per heavy atom. The molecule has 7 atom stereocenters. The highest BCUT2D eigenvalue weighted by molar-refractivity contribution is 7.91. The molecule has 4 aliphatic rings. The lowest BCUT2D eigenvalue weighted by atomic mass is 9.85. The second-order valence-corrected chi connectivity index (χ2v) is 21.1. The van der Waals surface area contributed by atoms with Crippen molar-refractivity contribution in [2.75, 3.05) is 13.7 Å². The smallest absolute Gasteiger partial charge is 0.411 e. The third-order valence-electron chi connectivity index (χ3n) is 13.2. The van der Waals surface area contributed by atoms with Crippen molar-refractivity contribution in [3.8, 4) is 28.6 Å². The van der Waals surface area contributed by atoms with Crippen molar-refractivity contribution < 1.29 is 64.5 Å². The fourth-order valence-electron chi connectivity index (χ4n) is 9.24. The lowest BCUT2D eigenvalue weighted by Crippen LogP contribution is -2.66. The summed E-state index contributed by atoms with van der Waals surface area (Å²) in [4.78, 5) is 62.9. The van der Waals surface area contributed by atoms with Gasteiger partial charge in [0.25, 0.3) is 5.91 Å². The van der Waals surface area contributed by atoms with Crippen molar-refractivity contribution in [3.05, 3.63) is 60.4 Å². The Balaban J connectivity index is 1.32. The first kappa shape index (κ1) is 49.3. The average Bonchev–Trinajstić information content (AvgIpc) is 4.17. The van der Waals surface area contributed by atoms with Gasteiger partial charge >= 0.3 is 12.3 Å². The minimum absolute atomic E-state index is 0.00589. The minimum Gasteiger partial charge on any atom is -0.494 e. The molecular weight excluding hydrogens is 903 g/mol. The molecular formula is C47H57F4N5O10S. The number of allylic oxidation sites excluding steroid dienone is 1. The average molecular weight is 960 g/mol. The number of carboxylic acid groups (broad SMARTS) is 1. The van der Waals surface area contributed by atoms with Crippen LogP contribution >= 0.6 is 0 Å². The van der Waals surface area contributed by atoms with Crippen LogP contribution in [0.4, 0.5) is 22.4 Å². The summed E-state index contributed by atoms with van der Waals surface area (Å²) in [6, 6.07) is 7.70. The van der Waals surface area contributed by atoms with E-state index < -0.39 is 98.7 Å². The van der Waals surface area contributed by atoms with E-state index in [0.717, 1.165) is 11.0 Å². The number of nitrogens with zero attached hydrogens (tertiary/aromatic N) is 3. The van der Waals surface area contributed by atoms with Gasteiger partial charge in [-0.1, -0.05) is 26.0 Å². The molecule has 4 amide bonds. The van der Waals surface area contributed by atoms with Crippen LogP contribution in [0.5, 0.6) is 17.4 Å². The summed E-state index contributed by atoms with van der Waals surface area (Å²) in [5.74, 6) is -5.34. The number of fused-ring (bicyclic) bond motifs is 3. The van der Waals surface area contributed by atoms with Crippen LogP contribution < -0.4 is 24.2 Å². The normalized spacial score (nSPS) is 26.2. The molecule has 3 N–H and O–H groups in total. The number of rotatable bonds is 11. The van der Waals surface area contributed by atoms with E-state index in [1.54, 1.807) is 42.5 Å². The van der Waals surface area contributed by atoms with Crippen LogP contribution in [0.3, 0.4) is 0 Å². The first-order valence-corrected chi connectivity index (χ1v) is 24.0. The molecule has 3 aromatic rings. The van der Waals surface area contributed by atoms with E-state index in [0.29, 0.717) is 61.9 Å². The number of amides is 4. The van der Waals surface area contributed by atoms with Gasteiger partial charge in [0.15, 0.2) is 11.6 Å². The summed E-state index contributed by atoms with van der Waals surface area (Å²) in [6.45, 7) is 7.93. The molecule has 1 saturated heterocycles. The highest BCUT2D eigenvalue weighted by Gasteiger charge is 2.63. The van der Waals surface area contributed by atoms with Crippen molar-refractivity contribution in [1.29, 1.82) is 0 Å². The molecule has 15 nitrogen and oxygen atoms in total. The van der Waals surface area contributed by atoms with Crippen molar-refractivity contribution in [2.45, 2.75) is 133 Å². The SMILES string of the molecule is COc1cc2cc(-c3ccc(OC(C)C)cc3)nc(O[C@@H]3C[C@H]4C(=O)N[C@]5(C(=O)NS(=O)(=O)C6CC6)C[C@H]5C=CCC[C@@H](C)C[C@@H](C)[C@H](N(C(=O)O)C(C)(C)C(F)(F)F)C(=O)N4C3)c2cc1F. The number of pyridine rings is 1. The number of halogens is 4. The molecule has 67 heavy (non-hydrogen) atoms. The molecule has 2 aliphatic heterocycles. The number of benzene rings is 2. The summed E-state index contributed by atoms with van der Waals surface area (Å²) in [7, 11) is -2.78. The molecule has 1 aromatic heterocycles. The zero-order chi connectivity index (χ0) is 49.0. The number of hydrogen-bond donors (Lipinski definition) is 3. The maximum absolute atomic E-state index is 15.4. The number of carbonyl (C=O) groups is 4. The quantitative estimate of drug-likeness (QED) is 0.128. The molecule has 0 bridgehead atoms. The molecule has 2 saturated carbocycles. The Morgan fingerprint density at radius 1 is 1.04 bits per heavy atom. The van der Waals surface area contributed by atoms with E-state index in [-0.39, 0.29) is 53.2 Å². The van der Waals surface area contributed by atoms with Crippen LogP contribution in [0.1, 0.15) is 86.5 Å². The fraction of sp³-hybridized carbons (Fsp3) is 0.553. The standard InChI is InChI=1S/C47H57F4N5O10S/c1-25(2)65-31-14-12-28(13-15-31)36-19-29-20-38(64-7)35(48)22-34(29)41(52-36)66-32-21-37-40(57)53-46(43(59)54-67(62,63)33-16-17-33)23-30(46)11-9-8-10-26(3)18-27(4)39(42(58)55(37)24-32)56(44(60)61)45(5,6)47(49,50)51/h9,11-15,19-20,22,25-27,30,32-33,37,39H,8,10,16-18,21,23-24H2,1-7H3,(H,53,57)(H,54,59)(H,60,61)/t26-,27-,30-,32-,37+,39+,46-/m1/s1. The second kappa shape index (κ2) is 18.4. The first-order chi connectivity index (χ1) is 31.4. The van der Waals surface area contributed by atoms with Gasteiger partial charge in [-0.25, -0.2) is 22.6 Å². The molecule has 20 heteroatoms. The summed E-state index contributed by atoms with van der Waals surface area (Å²) in [5, 5.41) is 13.1. The van der Waals surface area contributed by atoms with E-state index >= 15 is 9.18 Å². The van der Waals surface area contributed by atoms with Gasteiger partial charge in [-0.3, -0.25) is 24.0 Å². The van der Waals surface area contributed by atoms with Gasteiger partial charge in [-0.15, -0.1) is 0 Å². The van der Waals surface area contributed by atoms with Crippen LogP contribution in [-0.4, -0.2) is 113 Å². The largest absolute Gasteiger partial charge is 0.494 e. The van der Waals surface area contributed by atoms with Gasteiger partial charge in [-0.2, -0.15) is 13.2 Å². The summed E-state index contributed by atoms with van der Waals surface area (Å²) in [6.07, 6.45) is -3.56. The second-order valence-electron chi connectivity index (χ2n) is 19.1. The van der Waals surface area contributed by atoms with Crippen LogP contribution in [0.15, 0.2) is 54.6 Å². The lowest BCUT2D eigenvalue weighted by Gasteiger charge is -2.45. The van der Waals surface area contributed by atoms with Crippen molar-refractivity contribution in [1.82, 2.24) is 24.8 Å². The highest BCUT2D eigenvalue weighted by atomic mass is 32.2. The topological polar surface area (TPSA) is 194 Å². The molecule has 3 fully saturated rings. The molecule has 0 unspecified atom stereocenters. The summed E-state index contributed by atoms with van der Waals surface area (Å²) >= 11 is 0. The molecule has 7 rings (SSSR count). The summed E-state index contributed by atoms with van der Waals surface area (Å²) in [5.41, 5.74) is -3.90. The van der Waals surface area contributed by atoms with E-state index in [4.69, 9.17) is 19.2 Å². The van der Waals surface area contributed by atoms with Crippen molar-refractivity contribution in [3.63, 3.8) is 0 Å². The zero-order valence-corrected chi connectivity index (χ0v) is 39.2. The van der Waals surface area contributed by atoms with Crippen molar-refractivity contribution in [2.24, 2.45) is 17.8 Å². The highest BCUT2D eigenvalue weighted by Crippen LogP contribution is 2.47. The van der Waals surface area contributed by atoms with Gasteiger partial charge in [0.05, 0.1) is 30.7 Å². The number of aromatic nitrogens is 1. The maximum atomic E-state index is 15.4. The van der Waals surface area contributed by atoms with Gasteiger partial charge in [0.1, 0.15) is 35.0 Å². The Kier molecular flexibility index (Phi) is 13.6. The van der Waals surface area contributed by atoms with Crippen LogP contribution in [0.25, 0.3) is 22.0 Å². The Hall–Kier alpha value is -5.66. The van der Waals surface area contributed by atoms with E-state index in [1.807, 2.05) is 20.8 Å². The van der Waals surface area contributed by atoms with Crippen LogP contribution in [0, 0.1) is 23.6 Å². The third-order valence-corrected chi connectivity index (χ3v) is 15.0. The first-order valence-electron chi connectivity index (χ1n) is 22.4. The zero-order valence-electron chi connectivity index (χ0n) is 38.4. The Bertz CT molecular complexity index is 2550. The van der Waals surface area contributed by atoms with Crippen LogP contribution in [0.2, 0.25) is 0 Å². The van der Waals surface area contributed by atoms with Crippen LogP contribution in [-0.2, 0) is 24.4 Å². The molecule has 364 valence electrons. The number of ether oxygens (including phenoxy) is 3. The number of carbonyl (C=O) groups excluding carboxylic acids is 3.